The van der Waals surface area contributed by atoms with Crippen molar-refractivity contribution in [1.82, 2.24) is 4.98 Å². The lowest BCUT2D eigenvalue weighted by Crippen LogP contribution is -2.21. The topological polar surface area (TPSA) is 80.4 Å². The summed E-state index contributed by atoms with van der Waals surface area (Å²) in [6.07, 6.45) is 2.07. The Morgan fingerprint density at radius 3 is 2.88 bits per heavy atom. The third-order valence-electron chi connectivity index (χ3n) is 3.73. The van der Waals surface area contributed by atoms with Gasteiger partial charge in [-0.25, -0.2) is 9.37 Å². The molecule has 1 aliphatic heterocycles. The van der Waals surface area contributed by atoms with Gasteiger partial charge in [-0.15, -0.1) is 0 Å². The van der Waals surface area contributed by atoms with Gasteiger partial charge in [-0.2, -0.15) is 0 Å². The molecular weight excluding hydrogens is 363 g/mol. The first kappa shape index (κ1) is 17.7. The predicted octanol–water partition coefficient (Wildman–Crippen LogP) is 4.01. The third-order valence-corrected chi connectivity index (χ3v) is 4.90. The number of carbonyl (C=O) groups excluding carboxylic acids is 1. The summed E-state index contributed by atoms with van der Waals surface area (Å²) in [5.74, 6) is -0.770. The van der Waals surface area contributed by atoms with Crippen molar-refractivity contribution in [1.29, 1.82) is 0 Å². The monoisotopic (exact) mass is 378 g/mol. The van der Waals surface area contributed by atoms with Crippen molar-refractivity contribution in [3.63, 3.8) is 0 Å². The second kappa shape index (κ2) is 7.41. The summed E-state index contributed by atoms with van der Waals surface area (Å²) in [4.78, 5) is 20.5. The molecule has 2 unspecified atom stereocenters. The maximum absolute atomic E-state index is 14.3. The molecule has 0 fully saturated rings. The molecule has 0 spiro atoms. The van der Waals surface area contributed by atoms with E-state index in [9.17, 15) is 9.18 Å². The lowest BCUT2D eigenvalue weighted by atomic mass is 10.0. The number of nitrogens with two attached hydrogens (primary N) is 1. The number of carbonyl (C=O) groups is 1. The average Bonchev–Trinajstić information content (AvgIpc) is 2.56. The minimum absolute atomic E-state index is 0.222. The van der Waals surface area contributed by atoms with E-state index in [1.165, 1.54) is 36.2 Å². The molecule has 2 aromatic rings. The lowest BCUT2D eigenvalue weighted by Gasteiger charge is -2.24. The number of benzene rings is 1. The highest BCUT2D eigenvalue weighted by atomic mass is 35.5. The van der Waals surface area contributed by atoms with Gasteiger partial charge in [0.1, 0.15) is 11.5 Å². The zero-order valence-corrected chi connectivity index (χ0v) is 14.9. The van der Waals surface area contributed by atoms with Crippen LogP contribution in [0, 0.1) is 5.82 Å². The van der Waals surface area contributed by atoms with Crippen molar-refractivity contribution < 1.29 is 9.18 Å². The second-order valence-electron chi connectivity index (χ2n) is 5.70. The van der Waals surface area contributed by atoms with Gasteiger partial charge >= 0.3 is 0 Å². The number of thioether (sulfide) groups is 1. The van der Waals surface area contributed by atoms with Crippen LogP contribution >= 0.6 is 23.4 Å². The third kappa shape index (κ3) is 4.29. The number of rotatable bonds is 3. The summed E-state index contributed by atoms with van der Waals surface area (Å²) >= 11 is 7.24. The Labute approximate surface area is 153 Å². The largest absolute Gasteiger partial charge is 0.379 e. The average molecular weight is 379 g/mol. The Hall–Kier alpha value is -2.12. The molecule has 130 valence electrons. The number of hydrogen-bond donors (Lipinski definition) is 2. The van der Waals surface area contributed by atoms with Crippen LogP contribution in [-0.2, 0) is 0 Å². The second-order valence-corrected chi connectivity index (χ2v) is 7.59. The molecule has 1 aliphatic rings. The normalized spacial score (nSPS) is 20.0. The molecule has 5 nitrogen and oxygen atoms in total. The molecule has 2 heterocycles. The first-order chi connectivity index (χ1) is 11.9. The van der Waals surface area contributed by atoms with Crippen LogP contribution in [0.1, 0.15) is 35.4 Å². The zero-order valence-electron chi connectivity index (χ0n) is 13.4. The van der Waals surface area contributed by atoms with Crippen LogP contribution < -0.4 is 11.1 Å². The number of nitrogens with zero attached hydrogens (tertiary/aromatic N) is 2. The maximum Gasteiger partial charge on any atom is 0.274 e. The molecule has 1 amide bonds. The fourth-order valence-electron chi connectivity index (χ4n) is 2.58. The molecule has 0 saturated heterocycles. The Morgan fingerprint density at radius 1 is 1.40 bits per heavy atom. The number of amides is 1. The Morgan fingerprint density at radius 2 is 2.20 bits per heavy atom. The summed E-state index contributed by atoms with van der Waals surface area (Å²) in [6.45, 7) is 2.02. The minimum atomic E-state index is -0.398. The SMILES string of the molecule is CC1CC(c2cc(NC(=O)c3ccc(Cl)cn3)ccc2F)N=C(N)S1. The number of amidine groups is 1. The van der Waals surface area contributed by atoms with Crippen molar-refractivity contribution in [2.75, 3.05) is 5.32 Å². The molecule has 3 rings (SSSR count). The molecule has 1 aromatic heterocycles. The molecule has 8 heteroatoms. The molecule has 0 radical (unpaired) electrons. The van der Waals surface area contributed by atoms with E-state index in [1.54, 1.807) is 12.1 Å². The van der Waals surface area contributed by atoms with E-state index in [2.05, 4.69) is 15.3 Å². The fraction of sp³-hybridized carbons (Fsp3) is 0.235. The van der Waals surface area contributed by atoms with Gasteiger partial charge in [0.05, 0.1) is 11.1 Å². The van der Waals surface area contributed by atoms with Gasteiger partial charge in [-0.1, -0.05) is 30.3 Å². The van der Waals surface area contributed by atoms with Crippen molar-refractivity contribution in [2.45, 2.75) is 24.6 Å². The zero-order chi connectivity index (χ0) is 18.0. The molecule has 0 aliphatic carbocycles. The van der Waals surface area contributed by atoms with E-state index in [1.807, 2.05) is 6.92 Å². The number of aromatic nitrogens is 1. The van der Waals surface area contributed by atoms with Gasteiger partial charge in [0.25, 0.3) is 5.91 Å². The highest BCUT2D eigenvalue weighted by molar-refractivity contribution is 8.14. The molecule has 1 aromatic carbocycles. The van der Waals surface area contributed by atoms with Gasteiger partial charge in [-0.05, 0) is 36.8 Å². The summed E-state index contributed by atoms with van der Waals surface area (Å²) in [7, 11) is 0. The van der Waals surface area contributed by atoms with Crippen molar-refractivity contribution >= 4 is 40.1 Å². The van der Waals surface area contributed by atoms with Crippen molar-refractivity contribution in [2.24, 2.45) is 10.7 Å². The summed E-state index contributed by atoms with van der Waals surface area (Å²) in [6, 6.07) is 7.15. The van der Waals surface area contributed by atoms with E-state index in [0.29, 0.717) is 27.9 Å². The van der Waals surface area contributed by atoms with Crippen LogP contribution in [0.3, 0.4) is 0 Å². The Balaban J connectivity index is 1.83. The Bertz CT molecular complexity index is 828. The van der Waals surface area contributed by atoms with Crippen molar-refractivity contribution in [3.05, 3.63) is 58.6 Å². The standard InChI is InChI=1S/C17H16ClFN4OS/c1-9-6-15(23-17(20)25-9)12-7-11(3-4-13(12)19)22-16(24)14-5-2-10(18)8-21-14/h2-5,7-9,15H,6H2,1H3,(H2,20,23)(H,22,24). The highest BCUT2D eigenvalue weighted by Crippen LogP contribution is 2.35. The predicted molar refractivity (Wildman–Crippen MR) is 99.6 cm³/mol. The lowest BCUT2D eigenvalue weighted by molar-refractivity contribution is 0.102. The van der Waals surface area contributed by atoms with Gasteiger partial charge in [0.2, 0.25) is 0 Å². The van der Waals surface area contributed by atoms with E-state index in [-0.39, 0.29) is 22.8 Å². The number of hydrogen-bond acceptors (Lipinski definition) is 5. The first-order valence-corrected chi connectivity index (χ1v) is 8.90. The molecule has 25 heavy (non-hydrogen) atoms. The van der Waals surface area contributed by atoms with Crippen molar-refractivity contribution in [3.8, 4) is 0 Å². The number of nitrogens with one attached hydrogen (secondary N) is 1. The number of aliphatic imine (C=N–C) groups is 1. The molecule has 0 bridgehead atoms. The van der Waals surface area contributed by atoms with E-state index >= 15 is 0 Å². The van der Waals surface area contributed by atoms with Crippen LogP contribution in [0.5, 0.6) is 0 Å². The van der Waals surface area contributed by atoms with E-state index in [4.69, 9.17) is 17.3 Å². The quantitative estimate of drug-likeness (QED) is 0.845. The number of halogens is 2. The van der Waals surface area contributed by atoms with Crippen LogP contribution in [0.2, 0.25) is 5.02 Å². The summed E-state index contributed by atoms with van der Waals surface area (Å²) in [5, 5.41) is 3.85. The van der Waals surface area contributed by atoms with Gasteiger partial charge in [0.15, 0.2) is 5.17 Å². The fourth-order valence-corrected chi connectivity index (χ4v) is 3.57. The van der Waals surface area contributed by atoms with Gasteiger partial charge in [0, 0.05) is 22.7 Å². The molecule has 2 atom stereocenters. The van der Waals surface area contributed by atoms with Crippen LogP contribution in [0.25, 0.3) is 0 Å². The maximum atomic E-state index is 14.3. The van der Waals surface area contributed by atoms with Crippen LogP contribution in [0.15, 0.2) is 41.5 Å². The molecule has 0 saturated carbocycles. The smallest absolute Gasteiger partial charge is 0.274 e. The van der Waals surface area contributed by atoms with E-state index in [0.717, 1.165) is 0 Å². The van der Waals surface area contributed by atoms with Crippen LogP contribution in [0.4, 0.5) is 10.1 Å². The first-order valence-electron chi connectivity index (χ1n) is 7.64. The Kier molecular flexibility index (Phi) is 5.24. The van der Waals surface area contributed by atoms with Crippen LogP contribution in [-0.4, -0.2) is 21.3 Å². The number of anilines is 1. The highest BCUT2D eigenvalue weighted by Gasteiger charge is 2.24. The molecule has 3 N–H and O–H groups in total. The minimum Gasteiger partial charge on any atom is -0.379 e. The number of pyridine rings is 1. The van der Waals surface area contributed by atoms with Gasteiger partial charge < -0.3 is 11.1 Å². The molecular formula is C17H16ClFN4OS. The summed E-state index contributed by atoms with van der Waals surface area (Å²) in [5.41, 5.74) is 6.92. The van der Waals surface area contributed by atoms with E-state index < -0.39 is 5.91 Å². The summed E-state index contributed by atoms with van der Waals surface area (Å²) < 4.78 is 14.3. The van der Waals surface area contributed by atoms with Gasteiger partial charge in [-0.3, -0.25) is 9.79 Å².